The van der Waals surface area contributed by atoms with Crippen molar-refractivity contribution in [3.63, 3.8) is 0 Å². The standard InChI is InChI=1S/C21H28N2O4S/c1-5-23(6-2)21(24)16-20(17-12-14-18(27-4)15-13-17)22(3)28(25,26)19-10-8-7-9-11-19/h7-15,20H,5-6,16H2,1-4H3/t20-/m0/s1. The zero-order chi connectivity index (χ0) is 20.7. The number of carbonyl (C=O) groups is 1. The smallest absolute Gasteiger partial charge is 0.243 e. The van der Waals surface area contributed by atoms with Gasteiger partial charge in [0.05, 0.1) is 18.0 Å². The number of rotatable bonds is 9. The van der Waals surface area contributed by atoms with E-state index in [0.29, 0.717) is 18.8 Å². The third-order valence-corrected chi connectivity index (χ3v) is 6.72. The van der Waals surface area contributed by atoms with Gasteiger partial charge in [-0.15, -0.1) is 0 Å². The van der Waals surface area contributed by atoms with Gasteiger partial charge in [-0.3, -0.25) is 4.79 Å². The molecule has 0 N–H and O–H groups in total. The fourth-order valence-electron chi connectivity index (χ4n) is 3.08. The summed E-state index contributed by atoms with van der Waals surface area (Å²) in [7, 11) is -0.663. The summed E-state index contributed by atoms with van der Waals surface area (Å²) in [5.41, 5.74) is 0.739. The van der Waals surface area contributed by atoms with Gasteiger partial charge in [0, 0.05) is 26.6 Å². The Labute approximate surface area is 167 Å². The van der Waals surface area contributed by atoms with Gasteiger partial charge >= 0.3 is 0 Å². The Morgan fingerprint density at radius 1 is 1.00 bits per heavy atom. The molecule has 0 saturated heterocycles. The van der Waals surface area contributed by atoms with Crippen molar-refractivity contribution >= 4 is 15.9 Å². The summed E-state index contributed by atoms with van der Waals surface area (Å²) in [6.45, 7) is 4.99. The van der Waals surface area contributed by atoms with Gasteiger partial charge in [-0.05, 0) is 43.7 Å². The van der Waals surface area contributed by atoms with Crippen LogP contribution >= 0.6 is 0 Å². The van der Waals surface area contributed by atoms with E-state index in [1.54, 1.807) is 66.6 Å². The van der Waals surface area contributed by atoms with Crippen LogP contribution in [0.5, 0.6) is 5.75 Å². The molecule has 6 nitrogen and oxygen atoms in total. The van der Waals surface area contributed by atoms with E-state index in [0.717, 1.165) is 5.56 Å². The molecule has 2 rings (SSSR count). The molecule has 0 heterocycles. The monoisotopic (exact) mass is 404 g/mol. The molecular weight excluding hydrogens is 376 g/mol. The first-order valence-corrected chi connectivity index (χ1v) is 10.7. The summed E-state index contributed by atoms with van der Waals surface area (Å²) in [4.78, 5) is 14.7. The Morgan fingerprint density at radius 3 is 2.07 bits per heavy atom. The highest BCUT2D eigenvalue weighted by atomic mass is 32.2. The largest absolute Gasteiger partial charge is 0.497 e. The van der Waals surface area contributed by atoms with Gasteiger partial charge in [0.1, 0.15) is 5.75 Å². The average Bonchev–Trinajstić information content (AvgIpc) is 2.73. The van der Waals surface area contributed by atoms with Crippen LogP contribution in [0.4, 0.5) is 0 Å². The first-order valence-electron chi connectivity index (χ1n) is 9.29. The normalized spacial score (nSPS) is 12.6. The Balaban J connectivity index is 2.42. The van der Waals surface area contributed by atoms with Gasteiger partial charge < -0.3 is 9.64 Å². The first kappa shape index (κ1) is 21.9. The summed E-state index contributed by atoms with van der Waals surface area (Å²) < 4.78 is 32.7. The molecule has 0 aliphatic rings. The van der Waals surface area contributed by atoms with Crippen LogP contribution in [0, 0.1) is 0 Å². The van der Waals surface area contributed by atoms with Gasteiger partial charge in [0.15, 0.2) is 0 Å². The van der Waals surface area contributed by atoms with Crippen LogP contribution in [0.2, 0.25) is 0 Å². The first-order chi connectivity index (χ1) is 13.3. The van der Waals surface area contributed by atoms with Crippen molar-refractivity contribution in [3.05, 3.63) is 60.2 Å². The van der Waals surface area contributed by atoms with E-state index < -0.39 is 16.1 Å². The maximum atomic E-state index is 13.1. The molecule has 0 unspecified atom stereocenters. The predicted octanol–water partition coefficient (Wildman–Crippen LogP) is 3.32. The second-order valence-corrected chi connectivity index (χ2v) is 8.39. The van der Waals surface area contributed by atoms with Crippen molar-refractivity contribution in [3.8, 4) is 5.75 Å². The number of carbonyl (C=O) groups excluding carboxylic acids is 1. The van der Waals surface area contributed by atoms with Crippen molar-refractivity contribution in [2.75, 3.05) is 27.2 Å². The summed E-state index contributed by atoms with van der Waals surface area (Å²) in [5.74, 6) is 0.590. The van der Waals surface area contributed by atoms with Crippen LogP contribution in [0.3, 0.4) is 0 Å². The molecule has 0 bridgehead atoms. The highest BCUT2D eigenvalue weighted by Gasteiger charge is 2.31. The summed E-state index contributed by atoms with van der Waals surface area (Å²) >= 11 is 0. The number of benzene rings is 2. The molecule has 2 aromatic carbocycles. The Bertz CT molecular complexity index is 863. The SMILES string of the molecule is CCN(CC)C(=O)C[C@@H](c1ccc(OC)cc1)N(C)S(=O)(=O)c1ccccc1. The third kappa shape index (κ3) is 4.91. The number of amides is 1. The van der Waals surface area contributed by atoms with Crippen LogP contribution in [0.1, 0.15) is 31.9 Å². The van der Waals surface area contributed by atoms with Crippen LogP contribution in [-0.4, -0.2) is 50.8 Å². The van der Waals surface area contributed by atoms with E-state index in [2.05, 4.69) is 0 Å². The molecule has 0 spiro atoms. The molecule has 7 heteroatoms. The topological polar surface area (TPSA) is 66.9 Å². The quantitative estimate of drug-likeness (QED) is 0.643. The molecule has 0 aromatic heterocycles. The molecule has 0 saturated carbocycles. The van der Waals surface area contributed by atoms with E-state index >= 15 is 0 Å². The van der Waals surface area contributed by atoms with Crippen molar-refractivity contribution in [1.29, 1.82) is 0 Å². The minimum absolute atomic E-state index is 0.0660. The molecule has 0 radical (unpaired) electrons. The fraction of sp³-hybridized carbons (Fsp3) is 0.381. The highest BCUT2D eigenvalue weighted by molar-refractivity contribution is 7.89. The lowest BCUT2D eigenvalue weighted by molar-refractivity contribution is -0.131. The van der Waals surface area contributed by atoms with E-state index in [1.807, 2.05) is 13.8 Å². The molecular formula is C21H28N2O4S. The van der Waals surface area contributed by atoms with E-state index in [4.69, 9.17) is 4.74 Å². The molecule has 0 aliphatic carbocycles. The zero-order valence-corrected chi connectivity index (χ0v) is 17.6. The van der Waals surface area contributed by atoms with Gasteiger partial charge in [0.2, 0.25) is 15.9 Å². The Kier molecular flexibility index (Phi) is 7.60. The lowest BCUT2D eigenvalue weighted by atomic mass is 10.0. The number of sulfonamides is 1. The summed E-state index contributed by atoms with van der Waals surface area (Å²) in [6, 6.07) is 14.8. The van der Waals surface area contributed by atoms with E-state index in [9.17, 15) is 13.2 Å². The van der Waals surface area contributed by atoms with Gasteiger partial charge in [0.25, 0.3) is 0 Å². The molecule has 1 amide bonds. The molecule has 2 aromatic rings. The minimum Gasteiger partial charge on any atom is -0.497 e. The lowest BCUT2D eigenvalue weighted by Gasteiger charge is -2.30. The van der Waals surface area contributed by atoms with Gasteiger partial charge in [-0.25, -0.2) is 8.42 Å². The van der Waals surface area contributed by atoms with Crippen LogP contribution in [0.25, 0.3) is 0 Å². The molecule has 1 atom stereocenters. The van der Waals surface area contributed by atoms with Crippen molar-refractivity contribution in [2.45, 2.75) is 31.2 Å². The minimum atomic E-state index is -3.76. The van der Waals surface area contributed by atoms with Crippen LogP contribution in [-0.2, 0) is 14.8 Å². The average molecular weight is 405 g/mol. The fourth-order valence-corrected chi connectivity index (χ4v) is 4.44. The van der Waals surface area contributed by atoms with Crippen LogP contribution < -0.4 is 4.74 Å². The summed E-state index contributed by atoms with van der Waals surface area (Å²) in [5, 5.41) is 0. The second kappa shape index (κ2) is 9.71. The van der Waals surface area contributed by atoms with Crippen molar-refractivity contribution in [2.24, 2.45) is 0 Å². The summed E-state index contributed by atoms with van der Waals surface area (Å²) in [6.07, 6.45) is 0.0660. The number of nitrogens with zero attached hydrogens (tertiary/aromatic N) is 2. The molecule has 0 fully saturated rings. The Hall–Kier alpha value is -2.38. The number of hydrogen-bond donors (Lipinski definition) is 0. The van der Waals surface area contributed by atoms with Gasteiger partial charge in [-0.2, -0.15) is 4.31 Å². The predicted molar refractivity (Wildman–Crippen MR) is 110 cm³/mol. The van der Waals surface area contributed by atoms with E-state index in [1.165, 1.54) is 11.4 Å². The highest BCUT2D eigenvalue weighted by Crippen LogP contribution is 2.30. The maximum absolute atomic E-state index is 13.1. The second-order valence-electron chi connectivity index (χ2n) is 6.39. The van der Waals surface area contributed by atoms with Crippen molar-refractivity contribution < 1.29 is 17.9 Å². The van der Waals surface area contributed by atoms with Crippen molar-refractivity contribution in [1.82, 2.24) is 9.21 Å². The maximum Gasteiger partial charge on any atom is 0.243 e. The van der Waals surface area contributed by atoms with Crippen LogP contribution in [0.15, 0.2) is 59.5 Å². The number of hydrogen-bond acceptors (Lipinski definition) is 4. The zero-order valence-electron chi connectivity index (χ0n) is 16.8. The Morgan fingerprint density at radius 2 is 1.57 bits per heavy atom. The van der Waals surface area contributed by atoms with E-state index in [-0.39, 0.29) is 17.2 Å². The number of methoxy groups -OCH3 is 1. The molecule has 152 valence electrons. The molecule has 28 heavy (non-hydrogen) atoms. The lowest BCUT2D eigenvalue weighted by Crippen LogP contribution is -2.37. The number of ether oxygens (including phenoxy) is 1. The third-order valence-electron chi connectivity index (χ3n) is 4.84. The molecule has 0 aliphatic heterocycles. The van der Waals surface area contributed by atoms with Gasteiger partial charge in [-0.1, -0.05) is 30.3 Å².